The van der Waals surface area contributed by atoms with Crippen LogP contribution in [0.4, 0.5) is 0 Å². The zero-order valence-electron chi connectivity index (χ0n) is 7.40. The average Bonchev–Trinajstić information content (AvgIpc) is 2.04. The Morgan fingerprint density at radius 1 is 1.38 bits per heavy atom. The van der Waals surface area contributed by atoms with Crippen molar-refractivity contribution < 1.29 is 13.2 Å². The number of ether oxygens (including phenoxy) is 1. The molecular formula is C9H12O3S. The van der Waals surface area contributed by atoms with Crippen LogP contribution in [-0.2, 0) is 16.5 Å². The molecule has 0 unspecified atom stereocenters. The lowest BCUT2D eigenvalue weighted by atomic mass is 10.2. The van der Waals surface area contributed by atoms with Crippen molar-refractivity contribution in [3.8, 4) is 5.75 Å². The van der Waals surface area contributed by atoms with Gasteiger partial charge in [0.05, 0.1) is 12.4 Å². The van der Waals surface area contributed by atoms with Gasteiger partial charge in [0.2, 0.25) is 0 Å². The molecule has 1 aromatic carbocycles. The van der Waals surface area contributed by atoms with Crippen LogP contribution in [0, 0.1) is 0 Å². The summed E-state index contributed by atoms with van der Waals surface area (Å²) in [5, 5.41) is 0. The van der Waals surface area contributed by atoms with Gasteiger partial charge in [0.1, 0.15) is 16.5 Å². The fourth-order valence-electron chi connectivity index (χ4n) is 1.05. The molecule has 0 atom stereocenters. The van der Waals surface area contributed by atoms with Gasteiger partial charge in [-0.15, -0.1) is 0 Å². The topological polar surface area (TPSA) is 43.4 Å². The smallest absolute Gasteiger partial charge is 0.144 e. The minimum atomic E-state index is -2.35. The molecule has 0 radical (unpaired) electrons. The van der Waals surface area contributed by atoms with Crippen LogP contribution in [0.3, 0.4) is 0 Å². The molecule has 0 bridgehead atoms. The summed E-state index contributed by atoms with van der Waals surface area (Å²) in [4.78, 5) is 0. The first-order valence-corrected chi connectivity index (χ1v) is 5.42. The van der Waals surface area contributed by atoms with E-state index in [1.165, 1.54) is 0 Å². The zero-order valence-corrected chi connectivity index (χ0v) is 8.29. The third-order valence-corrected chi connectivity index (χ3v) is 2.14. The zero-order chi connectivity index (χ0) is 9.68. The Balaban J connectivity index is 2.78. The molecule has 0 fully saturated rings. The maximum Gasteiger partial charge on any atom is 0.144 e. The monoisotopic (exact) mass is 200 g/mol. The molecule has 3 nitrogen and oxygen atoms in total. The van der Waals surface area contributed by atoms with Gasteiger partial charge in [-0.3, -0.25) is 0 Å². The van der Waals surface area contributed by atoms with Crippen molar-refractivity contribution >= 4 is 10.7 Å². The highest BCUT2D eigenvalue weighted by Gasteiger charge is 1.96. The molecule has 13 heavy (non-hydrogen) atoms. The molecule has 0 aliphatic rings. The van der Waals surface area contributed by atoms with E-state index in [2.05, 4.69) is 0 Å². The Hall–Kier alpha value is -1.03. The van der Waals surface area contributed by atoms with E-state index in [4.69, 9.17) is 4.74 Å². The lowest BCUT2D eigenvalue weighted by Gasteiger charge is -2.03. The highest BCUT2D eigenvalue weighted by Crippen LogP contribution is 2.13. The van der Waals surface area contributed by atoms with Crippen LogP contribution in [0.2, 0.25) is 0 Å². The van der Waals surface area contributed by atoms with Gasteiger partial charge in [0, 0.05) is 0 Å². The number of rotatable bonds is 4. The highest BCUT2D eigenvalue weighted by molar-refractivity contribution is 7.71. The van der Waals surface area contributed by atoms with E-state index in [-0.39, 0.29) is 5.75 Å². The first-order valence-electron chi connectivity index (χ1n) is 4.06. The van der Waals surface area contributed by atoms with Crippen molar-refractivity contribution in [3.05, 3.63) is 29.8 Å². The van der Waals surface area contributed by atoms with E-state index >= 15 is 0 Å². The van der Waals surface area contributed by atoms with Crippen molar-refractivity contribution in [1.29, 1.82) is 0 Å². The molecule has 1 rings (SSSR count). The van der Waals surface area contributed by atoms with Crippen molar-refractivity contribution in [1.82, 2.24) is 0 Å². The van der Waals surface area contributed by atoms with Crippen LogP contribution in [0.1, 0.15) is 12.5 Å². The predicted octanol–water partition coefficient (Wildman–Crippen LogP) is 1.20. The SMILES string of the molecule is CCOc1cccc(C[SH](=O)=O)c1. The molecule has 0 aliphatic heterocycles. The Kier molecular flexibility index (Phi) is 3.76. The fraction of sp³-hybridized carbons (Fsp3) is 0.333. The minimum Gasteiger partial charge on any atom is -0.494 e. The summed E-state index contributed by atoms with van der Waals surface area (Å²) in [6.45, 7) is 2.48. The summed E-state index contributed by atoms with van der Waals surface area (Å²) >= 11 is 0. The van der Waals surface area contributed by atoms with Crippen LogP contribution < -0.4 is 4.74 Å². The maximum atomic E-state index is 10.4. The van der Waals surface area contributed by atoms with Crippen LogP contribution in [0.25, 0.3) is 0 Å². The number of thiol groups is 1. The van der Waals surface area contributed by atoms with E-state index < -0.39 is 10.7 Å². The van der Waals surface area contributed by atoms with Gasteiger partial charge in [0.15, 0.2) is 0 Å². The molecule has 0 aliphatic carbocycles. The van der Waals surface area contributed by atoms with Crippen LogP contribution in [0.15, 0.2) is 24.3 Å². The van der Waals surface area contributed by atoms with Gasteiger partial charge in [-0.25, -0.2) is 8.42 Å². The second kappa shape index (κ2) is 4.87. The second-order valence-corrected chi connectivity index (χ2v) is 3.55. The quantitative estimate of drug-likeness (QED) is 0.743. The molecule has 0 heterocycles. The Labute approximate surface area is 79.3 Å². The third-order valence-electron chi connectivity index (χ3n) is 1.52. The van der Waals surface area contributed by atoms with E-state index in [1.807, 2.05) is 13.0 Å². The third kappa shape index (κ3) is 3.46. The summed E-state index contributed by atoms with van der Waals surface area (Å²) in [5.41, 5.74) is 0.766. The normalized spacial score (nSPS) is 10.3. The van der Waals surface area contributed by atoms with Crippen molar-refractivity contribution in [3.63, 3.8) is 0 Å². The summed E-state index contributed by atoms with van der Waals surface area (Å²) < 4.78 is 26.1. The molecule has 0 saturated carbocycles. The van der Waals surface area contributed by atoms with E-state index in [1.54, 1.807) is 18.2 Å². The number of hydrogen-bond acceptors (Lipinski definition) is 3. The Morgan fingerprint density at radius 3 is 2.77 bits per heavy atom. The molecular weight excluding hydrogens is 188 g/mol. The summed E-state index contributed by atoms with van der Waals surface area (Å²) in [5.74, 6) is 0.799. The number of benzene rings is 1. The van der Waals surface area contributed by atoms with Gasteiger partial charge in [0.25, 0.3) is 0 Å². The van der Waals surface area contributed by atoms with Crippen LogP contribution in [0.5, 0.6) is 5.75 Å². The molecule has 0 spiro atoms. The van der Waals surface area contributed by atoms with Gasteiger partial charge in [-0.05, 0) is 24.6 Å². The first kappa shape index (κ1) is 10.1. The highest BCUT2D eigenvalue weighted by atomic mass is 32.2. The van der Waals surface area contributed by atoms with Gasteiger partial charge in [-0.2, -0.15) is 0 Å². The maximum absolute atomic E-state index is 10.4. The van der Waals surface area contributed by atoms with Crippen molar-refractivity contribution in [2.75, 3.05) is 6.61 Å². The molecule has 0 N–H and O–H groups in total. The van der Waals surface area contributed by atoms with E-state index in [0.717, 1.165) is 11.3 Å². The van der Waals surface area contributed by atoms with Gasteiger partial charge in [-0.1, -0.05) is 12.1 Å². The van der Waals surface area contributed by atoms with E-state index in [9.17, 15) is 8.42 Å². The largest absolute Gasteiger partial charge is 0.494 e. The lowest BCUT2D eigenvalue weighted by molar-refractivity contribution is 0.340. The molecule has 0 saturated heterocycles. The summed E-state index contributed by atoms with van der Waals surface area (Å²) in [7, 11) is -2.35. The van der Waals surface area contributed by atoms with Crippen molar-refractivity contribution in [2.24, 2.45) is 0 Å². The van der Waals surface area contributed by atoms with Gasteiger partial charge < -0.3 is 4.74 Å². The fourth-order valence-corrected chi connectivity index (χ4v) is 1.54. The average molecular weight is 200 g/mol. The summed E-state index contributed by atoms with van der Waals surface area (Å²) in [6.07, 6.45) is 0. The second-order valence-electron chi connectivity index (χ2n) is 2.57. The lowest BCUT2D eigenvalue weighted by Crippen LogP contribution is -1.93. The number of hydrogen-bond donors (Lipinski definition) is 1. The first-order chi connectivity index (χ1) is 6.22. The molecule has 0 amide bonds. The Morgan fingerprint density at radius 2 is 2.15 bits per heavy atom. The standard InChI is InChI=1S/C9H12O3S/c1-2-12-9-5-3-4-8(6-9)7-13(10)11/h3-6,13H,2,7H2,1H3. The molecule has 0 aromatic heterocycles. The van der Waals surface area contributed by atoms with Crippen LogP contribution >= 0.6 is 0 Å². The minimum absolute atomic E-state index is 0.0796. The predicted molar refractivity (Wildman–Crippen MR) is 51.6 cm³/mol. The van der Waals surface area contributed by atoms with Crippen molar-refractivity contribution in [2.45, 2.75) is 12.7 Å². The molecule has 4 heteroatoms. The summed E-state index contributed by atoms with van der Waals surface area (Å²) in [6, 6.07) is 7.12. The van der Waals surface area contributed by atoms with Gasteiger partial charge >= 0.3 is 0 Å². The molecule has 72 valence electrons. The Bertz CT molecular complexity index is 336. The molecule has 1 aromatic rings. The van der Waals surface area contributed by atoms with Crippen LogP contribution in [-0.4, -0.2) is 15.0 Å². The van der Waals surface area contributed by atoms with E-state index in [0.29, 0.717) is 6.61 Å².